The number of nitrogens with one attached hydrogen (secondary N) is 1. The zero-order valence-corrected chi connectivity index (χ0v) is 14.0. The van der Waals surface area contributed by atoms with Crippen molar-refractivity contribution in [2.45, 2.75) is 25.9 Å². The van der Waals surface area contributed by atoms with Gasteiger partial charge in [-0.2, -0.15) is 5.10 Å². The number of rotatable bonds is 5. The van der Waals surface area contributed by atoms with Gasteiger partial charge in [0.2, 0.25) is 0 Å². The zero-order chi connectivity index (χ0) is 17.6. The van der Waals surface area contributed by atoms with Crippen LogP contribution in [0.1, 0.15) is 24.0 Å². The van der Waals surface area contributed by atoms with Crippen LogP contribution in [0.3, 0.4) is 0 Å². The summed E-state index contributed by atoms with van der Waals surface area (Å²) in [5, 5.41) is 16.1. The number of carbonyl (C=O) groups excluding carboxylic acids is 1. The summed E-state index contributed by atoms with van der Waals surface area (Å²) >= 11 is 0. The van der Waals surface area contributed by atoms with Gasteiger partial charge in [-0.05, 0) is 30.0 Å². The summed E-state index contributed by atoms with van der Waals surface area (Å²) in [5.41, 5.74) is 2.15. The molecular formula is C18H22N4O3. The van der Waals surface area contributed by atoms with Gasteiger partial charge in [0.05, 0.1) is 12.5 Å². The number of carboxylic acid groups (broad SMARTS) is 1. The molecule has 0 atom stereocenters. The highest BCUT2D eigenvalue weighted by atomic mass is 16.4. The maximum atomic E-state index is 12.2. The lowest BCUT2D eigenvalue weighted by Gasteiger charge is -2.30. The van der Waals surface area contributed by atoms with Gasteiger partial charge in [0, 0.05) is 32.0 Å². The summed E-state index contributed by atoms with van der Waals surface area (Å²) in [6, 6.07) is 9.78. The average molecular weight is 342 g/mol. The van der Waals surface area contributed by atoms with Crippen LogP contribution in [0, 0.1) is 5.92 Å². The van der Waals surface area contributed by atoms with Crippen molar-refractivity contribution in [3.8, 4) is 0 Å². The third kappa shape index (κ3) is 4.59. The monoisotopic (exact) mass is 342 g/mol. The van der Waals surface area contributed by atoms with Gasteiger partial charge in [-0.1, -0.05) is 24.3 Å². The Morgan fingerprint density at radius 3 is 2.64 bits per heavy atom. The van der Waals surface area contributed by atoms with Crippen LogP contribution < -0.4 is 5.32 Å². The second-order valence-electron chi connectivity index (χ2n) is 6.28. The van der Waals surface area contributed by atoms with E-state index in [9.17, 15) is 9.59 Å². The first-order valence-electron chi connectivity index (χ1n) is 8.42. The van der Waals surface area contributed by atoms with E-state index in [2.05, 4.69) is 16.5 Å². The number of hydrogen-bond acceptors (Lipinski definition) is 3. The molecule has 1 aliphatic rings. The lowest BCUT2D eigenvalue weighted by atomic mass is 9.97. The molecule has 132 valence electrons. The van der Waals surface area contributed by atoms with Crippen molar-refractivity contribution < 1.29 is 14.7 Å². The Morgan fingerprint density at radius 2 is 1.96 bits per heavy atom. The molecule has 0 spiro atoms. The molecule has 1 aromatic carbocycles. The molecule has 25 heavy (non-hydrogen) atoms. The molecule has 2 aromatic rings. The van der Waals surface area contributed by atoms with Crippen LogP contribution in [0.5, 0.6) is 0 Å². The van der Waals surface area contributed by atoms with Crippen LogP contribution in [0.25, 0.3) is 0 Å². The number of benzene rings is 1. The topological polar surface area (TPSA) is 87.5 Å². The Bertz CT molecular complexity index is 722. The van der Waals surface area contributed by atoms with Gasteiger partial charge < -0.3 is 15.3 Å². The SMILES string of the molecule is O=C(O)C1CCN(C(=O)NCc2cccc(Cn3cccn3)c2)CC1. The first-order chi connectivity index (χ1) is 12.1. The highest BCUT2D eigenvalue weighted by Crippen LogP contribution is 2.17. The van der Waals surface area contributed by atoms with Crippen molar-refractivity contribution in [1.29, 1.82) is 0 Å². The van der Waals surface area contributed by atoms with E-state index >= 15 is 0 Å². The zero-order valence-electron chi connectivity index (χ0n) is 14.0. The van der Waals surface area contributed by atoms with Gasteiger partial charge in [0.15, 0.2) is 0 Å². The van der Waals surface area contributed by atoms with Crippen molar-refractivity contribution in [3.05, 3.63) is 53.9 Å². The van der Waals surface area contributed by atoms with Crippen molar-refractivity contribution in [3.63, 3.8) is 0 Å². The number of aliphatic carboxylic acids is 1. The van der Waals surface area contributed by atoms with Crippen molar-refractivity contribution >= 4 is 12.0 Å². The highest BCUT2D eigenvalue weighted by Gasteiger charge is 2.26. The van der Waals surface area contributed by atoms with E-state index in [0.717, 1.165) is 11.1 Å². The number of urea groups is 1. The molecule has 1 saturated heterocycles. The maximum absolute atomic E-state index is 12.2. The Labute approximate surface area is 146 Å². The quantitative estimate of drug-likeness (QED) is 0.869. The van der Waals surface area contributed by atoms with Crippen LogP contribution in [0.4, 0.5) is 4.79 Å². The molecule has 2 N–H and O–H groups in total. The van der Waals surface area contributed by atoms with E-state index in [4.69, 9.17) is 5.11 Å². The summed E-state index contributed by atoms with van der Waals surface area (Å²) in [6.45, 7) is 2.12. The lowest BCUT2D eigenvalue weighted by molar-refractivity contribution is -0.143. The van der Waals surface area contributed by atoms with Gasteiger partial charge in [0.25, 0.3) is 0 Å². The number of amides is 2. The molecule has 0 bridgehead atoms. The van der Waals surface area contributed by atoms with E-state index in [-0.39, 0.29) is 11.9 Å². The van der Waals surface area contributed by atoms with Crippen LogP contribution >= 0.6 is 0 Å². The van der Waals surface area contributed by atoms with E-state index in [1.807, 2.05) is 35.1 Å². The Kier molecular flexibility index (Phi) is 5.33. The summed E-state index contributed by atoms with van der Waals surface area (Å²) in [5.74, 6) is -1.10. The summed E-state index contributed by atoms with van der Waals surface area (Å²) in [7, 11) is 0. The number of nitrogens with zero attached hydrogens (tertiary/aromatic N) is 3. The Balaban J connectivity index is 1.50. The molecule has 7 nitrogen and oxygen atoms in total. The number of piperidine rings is 1. The summed E-state index contributed by atoms with van der Waals surface area (Å²) in [4.78, 5) is 24.9. The fourth-order valence-corrected chi connectivity index (χ4v) is 3.04. The van der Waals surface area contributed by atoms with Gasteiger partial charge >= 0.3 is 12.0 Å². The van der Waals surface area contributed by atoms with Gasteiger partial charge in [0.1, 0.15) is 0 Å². The van der Waals surface area contributed by atoms with E-state index in [0.29, 0.717) is 39.0 Å². The molecule has 1 aliphatic heterocycles. The largest absolute Gasteiger partial charge is 0.481 e. The van der Waals surface area contributed by atoms with Crippen molar-refractivity contribution in [1.82, 2.24) is 20.0 Å². The predicted octanol–water partition coefficient (Wildman–Crippen LogP) is 1.94. The molecule has 0 aliphatic carbocycles. The van der Waals surface area contributed by atoms with E-state index < -0.39 is 5.97 Å². The molecular weight excluding hydrogens is 320 g/mol. The van der Waals surface area contributed by atoms with Gasteiger partial charge in [-0.25, -0.2) is 4.79 Å². The van der Waals surface area contributed by atoms with Gasteiger partial charge in [-0.15, -0.1) is 0 Å². The highest BCUT2D eigenvalue weighted by molar-refractivity contribution is 5.75. The lowest BCUT2D eigenvalue weighted by Crippen LogP contribution is -2.45. The minimum absolute atomic E-state index is 0.138. The van der Waals surface area contributed by atoms with Crippen molar-refractivity contribution in [2.75, 3.05) is 13.1 Å². The first kappa shape index (κ1) is 17.0. The molecule has 7 heteroatoms. The van der Waals surface area contributed by atoms with E-state index in [1.54, 1.807) is 11.1 Å². The fraction of sp³-hybridized carbons (Fsp3) is 0.389. The van der Waals surface area contributed by atoms with Crippen molar-refractivity contribution in [2.24, 2.45) is 5.92 Å². The van der Waals surface area contributed by atoms with Crippen LogP contribution in [-0.2, 0) is 17.9 Å². The molecule has 0 saturated carbocycles. The smallest absolute Gasteiger partial charge is 0.317 e. The second-order valence-corrected chi connectivity index (χ2v) is 6.28. The second kappa shape index (κ2) is 7.83. The Hall–Kier alpha value is -2.83. The minimum atomic E-state index is -0.769. The number of likely N-dealkylation sites (tertiary alicyclic amines) is 1. The normalized spacial score (nSPS) is 15.1. The summed E-state index contributed by atoms with van der Waals surface area (Å²) in [6.07, 6.45) is 4.69. The fourth-order valence-electron chi connectivity index (χ4n) is 3.04. The molecule has 0 radical (unpaired) electrons. The first-order valence-corrected chi connectivity index (χ1v) is 8.42. The molecule has 2 heterocycles. The standard InChI is InChI=1S/C18H22N4O3/c23-17(24)16-5-9-21(10-6-16)18(25)19-12-14-3-1-4-15(11-14)13-22-8-2-7-20-22/h1-4,7-8,11,16H,5-6,9-10,12-13H2,(H,19,25)(H,23,24). The number of aromatic nitrogens is 2. The molecule has 1 aromatic heterocycles. The maximum Gasteiger partial charge on any atom is 0.317 e. The molecule has 1 fully saturated rings. The third-order valence-electron chi connectivity index (χ3n) is 4.47. The van der Waals surface area contributed by atoms with E-state index in [1.165, 1.54) is 0 Å². The predicted molar refractivity (Wildman–Crippen MR) is 91.9 cm³/mol. The number of hydrogen-bond donors (Lipinski definition) is 2. The molecule has 0 unspecified atom stereocenters. The number of carbonyl (C=O) groups is 2. The molecule has 2 amide bonds. The number of carboxylic acids is 1. The summed E-state index contributed by atoms with van der Waals surface area (Å²) < 4.78 is 1.85. The Morgan fingerprint density at radius 1 is 1.20 bits per heavy atom. The van der Waals surface area contributed by atoms with Crippen LogP contribution in [0.2, 0.25) is 0 Å². The minimum Gasteiger partial charge on any atom is -0.481 e. The molecule has 3 rings (SSSR count). The average Bonchev–Trinajstić information content (AvgIpc) is 3.13. The third-order valence-corrected chi connectivity index (χ3v) is 4.47. The van der Waals surface area contributed by atoms with Gasteiger partial charge in [-0.3, -0.25) is 9.48 Å². The van der Waals surface area contributed by atoms with Crippen LogP contribution in [-0.4, -0.2) is 44.9 Å². The van der Waals surface area contributed by atoms with Crippen LogP contribution in [0.15, 0.2) is 42.7 Å².